The minimum atomic E-state index is -2.97. The van der Waals surface area contributed by atoms with E-state index in [0.717, 1.165) is 9.75 Å². The molecule has 0 atom stereocenters. The van der Waals surface area contributed by atoms with Gasteiger partial charge in [-0.1, -0.05) is 0 Å². The highest BCUT2D eigenvalue weighted by Gasteiger charge is 2.12. The summed E-state index contributed by atoms with van der Waals surface area (Å²) in [5.41, 5.74) is 0. The largest absolute Gasteiger partial charge is 0.298 e. The third kappa shape index (κ3) is 5.43. The molecule has 0 aliphatic carbocycles. The molecule has 0 spiro atoms. The number of carbonyl (C=O) groups excluding carboxylic acids is 1. The van der Waals surface area contributed by atoms with Gasteiger partial charge in [0.05, 0.1) is 17.2 Å². The molecule has 0 N–H and O–H groups in total. The fourth-order valence-corrected chi connectivity index (χ4v) is 2.75. The molecule has 96 valence electrons. The van der Waals surface area contributed by atoms with Crippen molar-refractivity contribution >= 4 is 27.0 Å². The maximum absolute atomic E-state index is 11.8. The second-order valence-corrected chi connectivity index (χ2v) is 7.75. The van der Waals surface area contributed by atoms with Crippen LogP contribution in [0.1, 0.15) is 14.5 Å². The van der Waals surface area contributed by atoms with Crippen molar-refractivity contribution in [3.63, 3.8) is 0 Å². The molecule has 6 heteroatoms. The first-order chi connectivity index (χ1) is 7.78. The van der Waals surface area contributed by atoms with Gasteiger partial charge in [-0.2, -0.15) is 0 Å². The molecule has 17 heavy (non-hydrogen) atoms. The molecule has 0 saturated carbocycles. The number of thiophene rings is 1. The van der Waals surface area contributed by atoms with Crippen molar-refractivity contribution in [3.05, 3.63) is 21.9 Å². The summed E-state index contributed by atoms with van der Waals surface area (Å²) in [5.74, 6) is 0.124. The van der Waals surface area contributed by atoms with Crippen molar-refractivity contribution in [1.82, 2.24) is 4.90 Å². The summed E-state index contributed by atoms with van der Waals surface area (Å²) >= 11 is 1.47. The lowest BCUT2D eigenvalue weighted by Gasteiger charge is -2.14. The van der Waals surface area contributed by atoms with Crippen LogP contribution in [0.4, 0.5) is 0 Å². The third-order valence-electron chi connectivity index (χ3n) is 2.27. The summed E-state index contributed by atoms with van der Waals surface area (Å²) in [5, 5.41) is 0. The Hall–Kier alpha value is -0.720. The Balaban J connectivity index is 2.46. The van der Waals surface area contributed by atoms with E-state index in [0.29, 0.717) is 6.54 Å². The average molecular weight is 275 g/mol. The highest BCUT2D eigenvalue weighted by Crippen LogP contribution is 2.15. The highest BCUT2D eigenvalue weighted by atomic mass is 32.2. The van der Waals surface area contributed by atoms with E-state index in [9.17, 15) is 13.2 Å². The van der Waals surface area contributed by atoms with Crippen molar-refractivity contribution in [2.45, 2.75) is 6.92 Å². The van der Waals surface area contributed by atoms with E-state index in [1.807, 2.05) is 19.1 Å². The van der Waals surface area contributed by atoms with Crippen molar-refractivity contribution < 1.29 is 13.2 Å². The predicted octanol–water partition coefficient (Wildman–Crippen LogP) is 1.22. The molecule has 1 aromatic heterocycles. The minimum Gasteiger partial charge on any atom is -0.298 e. The zero-order valence-electron chi connectivity index (χ0n) is 10.3. The second-order valence-electron chi connectivity index (χ2n) is 4.20. The Morgan fingerprint density at radius 2 is 2.06 bits per heavy atom. The van der Waals surface area contributed by atoms with Crippen molar-refractivity contribution in [3.8, 4) is 0 Å². The van der Waals surface area contributed by atoms with Gasteiger partial charge in [0.15, 0.2) is 5.78 Å². The number of Topliss-reactive ketones (excluding diaryl/α,β-unsaturated/α-hetero) is 1. The lowest BCUT2D eigenvalue weighted by molar-refractivity contribution is 0.0953. The van der Waals surface area contributed by atoms with Crippen molar-refractivity contribution in [2.24, 2.45) is 0 Å². The summed E-state index contributed by atoms with van der Waals surface area (Å²) < 4.78 is 22.0. The summed E-state index contributed by atoms with van der Waals surface area (Å²) in [7, 11) is -1.21. The van der Waals surface area contributed by atoms with Gasteiger partial charge in [-0.05, 0) is 26.1 Å². The smallest absolute Gasteiger partial charge is 0.186 e. The number of aryl methyl sites for hydroxylation is 1. The van der Waals surface area contributed by atoms with Gasteiger partial charge in [0, 0.05) is 17.7 Å². The maximum Gasteiger partial charge on any atom is 0.186 e. The Kier molecular flexibility index (Phi) is 4.85. The summed E-state index contributed by atoms with van der Waals surface area (Å²) in [6.45, 7) is 2.60. The average Bonchev–Trinajstić information content (AvgIpc) is 2.61. The Labute approximate surface area is 106 Å². The van der Waals surface area contributed by atoms with Gasteiger partial charge in [-0.3, -0.25) is 9.69 Å². The van der Waals surface area contributed by atoms with Gasteiger partial charge >= 0.3 is 0 Å². The summed E-state index contributed by atoms with van der Waals surface area (Å²) in [6, 6.07) is 3.72. The van der Waals surface area contributed by atoms with Gasteiger partial charge in [-0.25, -0.2) is 8.42 Å². The van der Waals surface area contributed by atoms with Crippen LogP contribution in [-0.4, -0.2) is 51.2 Å². The molecule has 0 aliphatic rings. The molecule has 0 fully saturated rings. The molecule has 4 nitrogen and oxygen atoms in total. The molecule has 0 saturated heterocycles. The van der Waals surface area contributed by atoms with E-state index >= 15 is 0 Å². The van der Waals surface area contributed by atoms with Gasteiger partial charge in [0.1, 0.15) is 9.84 Å². The van der Waals surface area contributed by atoms with Crippen LogP contribution in [0.5, 0.6) is 0 Å². The quantitative estimate of drug-likeness (QED) is 0.732. The molecule has 1 heterocycles. The highest BCUT2D eigenvalue weighted by molar-refractivity contribution is 7.90. The Bertz CT molecular complexity index is 491. The number of ketones is 1. The topological polar surface area (TPSA) is 54.5 Å². The van der Waals surface area contributed by atoms with Crippen LogP contribution in [0.25, 0.3) is 0 Å². The maximum atomic E-state index is 11.8. The molecule has 1 aromatic rings. The Morgan fingerprint density at radius 1 is 1.41 bits per heavy atom. The third-order valence-corrected chi connectivity index (χ3v) is 4.24. The van der Waals surface area contributed by atoms with Crippen LogP contribution in [-0.2, 0) is 9.84 Å². The monoisotopic (exact) mass is 275 g/mol. The van der Waals surface area contributed by atoms with Crippen LogP contribution in [0, 0.1) is 6.92 Å². The van der Waals surface area contributed by atoms with E-state index < -0.39 is 9.84 Å². The molecule has 0 radical (unpaired) electrons. The predicted molar refractivity (Wildman–Crippen MR) is 70.6 cm³/mol. The number of carbonyl (C=O) groups is 1. The van der Waals surface area contributed by atoms with E-state index in [1.165, 1.54) is 17.6 Å². The van der Waals surface area contributed by atoms with Gasteiger partial charge in [-0.15, -0.1) is 11.3 Å². The molecular weight excluding hydrogens is 258 g/mol. The molecule has 0 amide bonds. The molecule has 1 rings (SSSR count). The van der Waals surface area contributed by atoms with Crippen LogP contribution in [0.15, 0.2) is 12.1 Å². The minimum absolute atomic E-state index is 0.0408. The zero-order valence-corrected chi connectivity index (χ0v) is 11.9. The molecule has 0 aromatic carbocycles. The lowest BCUT2D eigenvalue weighted by atomic mass is 10.3. The second kappa shape index (κ2) is 5.75. The number of hydrogen-bond acceptors (Lipinski definition) is 5. The molecule has 0 bridgehead atoms. The molecule has 0 aliphatic heterocycles. The van der Waals surface area contributed by atoms with Gasteiger partial charge in [0.2, 0.25) is 0 Å². The fraction of sp³-hybridized carbons (Fsp3) is 0.545. The van der Waals surface area contributed by atoms with E-state index in [1.54, 1.807) is 11.9 Å². The van der Waals surface area contributed by atoms with Gasteiger partial charge in [0.25, 0.3) is 0 Å². The van der Waals surface area contributed by atoms with E-state index in [2.05, 4.69) is 0 Å². The van der Waals surface area contributed by atoms with E-state index in [-0.39, 0.29) is 18.1 Å². The van der Waals surface area contributed by atoms with E-state index in [4.69, 9.17) is 0 Å². The van der Waals surface area contributed by atoms with Gasteiger partial charge < -0.3 is 0 Å². The first kappa shape index (κ1) is 14.3. The fourth-order valence-electron chi connectivity index (χ4n) is 1.31. The normalized spacial score (nSPS) is 12.0. The number of likely N-dealkylation sites (N-methyl/N-ethyl adjacent to an activating group) is 1. The first-order valence-corrected chi connectivity index (χ1v) is 8.11. The van der Waals surface area contributed by atoms with Crippen LogP contribution >= 0.6 is 11.3 Å². The van der Waals surface area contributed by atoms with Crippen LogP contribution in [0.3, 0.4) is 0 Å². The summed E-state index contributed by atoms with van der Waals surface area (Å²) in [6.07, 6.45) is 1.20. The lowest BCUT2D eigenvalue weighted by Crippen LogP contribution is -2.30. The van der Waals surface area contributed by atoms with Crippen LogP contribution in [0.2, 0.25) is 0 Å². The number of hydrogen-bond donors (Lipinski definition) is 0. The first-order valence-electron chi connectivity index (χ1n) is 5.24. The molecular formula is C11H17NO3S2. The number of rotatable bonds is 6. The Morgan fingerprint density at radius 3 is 2.53 bits per heavy atom. The number of sulfone groups is 1. The SMILES string of the molecule is Cc1ccc(C(=O)CN(C)CCS(C)(=O)=O)s1. The molecule has 0 unspecified atom stereocenters. The van der Waals surface area contributed by atoms with Crippen LogP contribution < -0.4 is 0 Å². The van der Waals surface area contributed by atoms with Crippen molar-refractivity contribution in [2.75, 3.05) is 32.1 Å². The zero-order chi connectivity index (χ0) is 13.1. The van der Waals surface area contributed by atoms with Crippen molar-refractivity contribution in [1.29, 1.82) is 0 Å². The number of nitrogens with zero attached hydrogens (tertiary/aromatic N) is 1. The standard InChI is InChI=1S/C11H17NO3S2/c1-9-4-5-11(16-9)10(13)8-12(2)6-7-17(3,14)15/h4-5H,6-8H2,1-3H3. The summed E-state index contributed by atoms with van der Waals surface area (Å²) in [4.78, 5) is 15.4.